The van der Waals surface area contributed by atoms with Gasteiger partial charge >= 0.3 is 0 Å². The normalized spacial score (nSPS) is 23.2. The van der Waals surface area contributed by atoms with Crippen molar-refractivity contribution in [3.8, 4) is 0 Å². The molecule has 2 aromatic rings. The zero-order chi connectivity index (χ0) is 19.9. The van der Waals surface area contributed by atoms with Gasteiger partial charge in [-0.1, -0.05) is 30.3 Å². The Morgan fingerprint density at radius 2 is 2.00 bits per heavy atom. The molecule has 1 saturated heterocycles. The quantitative estimate of drug-likeness (QED) is 0.804. The van der Waals surface area contributed by atoms with Gasteiger partial charge in [0.05, 0.1) is 5.92 Å². The lowest BCUT2D eigenvalue weighted by Gasteiger charge is -2.51. The number of hydrogen-bond acceptors (Lipinski definition) is 4. The number of hydrogen-bond donors (Lipinski definition) is 1. The van der Waals surface area contributed by atoms with Crippen molar-refractivity contribution in [2.24, 2.45) is 5.92 Å². The Balaban J connectivity index is 1.80. The highest BCUT2D eigenvalue weighted by molar-refractivity contribution is 5.94. The topological polar surface area (TPSA) is 35.6 Å². The number of aryl methyl sites for hydroxylation is 1. The molecule has 0 bridgehead atoms. The Morgan fingerprint density at radius 3 is 2.68 bits per heavy atom. The van der Waals surface area contributed by atoms with Gasteiger partial charge in [0.2, 0.25) is 0 Å². The molecule has 2 heterocycles. The molecule has 4 heteroatoms. The van der Waals surface area contributed by atoms with Gasteiger partial charge < -0.3 is 15.1 Å². The fourth-order valence-electron chi connectivity index (χ4n) is 4.74. The van der Waals surface area contributed by atoms with Gasteiger partial charge in [-0.2, -0.15) is 0 Å². The molecule has 0 amide bonds. The summed E-state index contributed by atoms with van der Waals surface area (Å²) >= 11 is 0. The molecule has 1 N–H and O–H groups in total. The average Bonchev–Trinajstić information content (AvgIpc) is 3.06. The molecule has 2 unspecified atom stereocenters. The lowest BCUT2D eigenvalue weighted by molar-refractivity contribution is -0.120. The van der Waals surface area contributed by atoms with E-state index in [1.54, 1.807) is 0 Å². The van der Waals surface area contributed by atoms with Crippen LogP contribution in [-0.2, 0) is 11.2 Å². The second-order valence-corrected chi connectivity index (χ2v) is 8.25. The van der Waals surface area contributed by atoms with E-state index in [-0.39, 0.29) is 11.7 Å². The van der Waals surface area contributed by atoms with E-state index in [4.69, 9.17) is 0 Å². The molecular formula is C24H29N3O. The van der Waals surface area contributed by atoms with Crippen LogP contribution in [0.3, 0.4) is 0 Å². The maximum absolute atomic E-state index is 12.9. The fourth-order valence-corrected chi connectivity index (χ4v) is 4.74. The highest BCUT2D eigenvalue weighted by Crippen LogP contribution is 2.46. The molecule has 0 radical (unpaired) electrons. The van der Waals surface area contributed by atoms with Crippen molar-refractivity contribution in [3.63, 3.8) is 0 Å². The zero-order valence-corrected chi connectivity index (χ0v) is 17.0. The summed E-state index contributed by atoms with van der Waals surface area (Å²) in [7, 11) is 4.10. The average molecular weight is 376 g/mol. The van der Waals surface area contributed by atoms with Crippen LogP contribution in [0.4, 0.5) is 17.1 Å². The van der Waals surface area contributed by atoms with Crippen LogP contribution >= 0.6 is 0 Å². The number of carbonyl (C=O) groups is 1. The molecule has 146 valence electrons. The minimum absolute atomic E-state index is 0.116. The lowest BCUT2D eigenvalue weighted by Crippen LogP contribution is -2.63. The smallest absolute Gasteiger partial charge is 0.162 e. The Hall–Kier alpha value is -2.75. The first-order valence-electron chi connectivity index (χ1n) is 10.0. The predicted octanol–water partition coefficient (Wildman–Crippen LogP) is 4.40. The number of nitrogens with one attached hydrogen (secondary N) is 1. The van der Waals surface area contributed by atoms with E-state index >= 15 is 0 Å². The van der Waals surface area contributed by atoms with E-state index in [9.17, 15) is 4.79 Å². The second-order valence-electron chi connectivity index (χ2n) is 8.25. The van der Waals surface area contributed by atoms with Crippen LogP contribution < -0.4 is 15.1 Å². The van der Waals surface area contributed by atoms with Gasteiger partial charge in [0.1, 0.15) is 5.66 Å². The van der Waals surface area contributed by atoms with E-state index in [0.29, 0.717) is 0 Å². The van der Waals surface area contributed by atoms with Crippen molar-refractivity contribution < 1.29 is 4.79 Å². The van der Waals surface area contributed by atoms with Gasteiger partial charge in [-0.15, -0.1) is 0 Å². The monoisotopic (exact) mass is 375 g/mol. The molecule has 4 rings (SSSR count). The van der Waals surface area contributed by atoms with Crippen LogP contribution in [0.1, 0.15) is 24.0 Å². The van der Waals surface area contributed by atoms with Crippen molar-refractivity contribution in [2.75, 3.05) is 35.8 Å². The standard InChI is InChI=1S/C24H29N3O/c1-5-23(28)21-7-6-14-27(19-11-8-17(2)9-12-19)24(21)16-18-10-13-20(26(3)4)15-22(18)25-24/h5,8-13,15,21,25H,1,6-7,14,16H2,2-4H3. The molecular weight excluding hydrogens is 346 g/mol. The molecule has 28 heavy (non-hydrogen) atoms. The maximum Gasteiger partial charge on any atom is 0.162 e. The number of nitrogens with zero attached hydrogens (tertiary/aromatic N) is 2. The summed E-state index contributed by atoms with van der Waals surface area (Å²) in [6.45, 7) is 6.82. The Kier molecular flexibility index (Phi) is 4.66. The SMILES string of the molecule is C=CC(=O)C1CCCN(c2ccc(C)cc2)C12Cc1ccc(N(C)C)cc1N2. The van der Waals surface area contributed by atoms with E-state index in [1.165, 1.54) is 22.9 Å². The molecule has 4 nitrogen and oxygen atoms in total. The van der Waals surface area contributed by atoms with Crippen LogP contribution in [-0.4, -0.2) is 32.1 Å². The predicted molar refractivity (Wildman–Crippen MR) is 117 cm³/mol. The number of rotatable bonds is 4. The van der Waals surface area contributed by atoms with E-state index in [2.05, 4.69) is 85.2 Å². The van der Waals surface area contributed by atoms with Gasteiger partial charge in [-0.05, 0) is 55.7 Å². The summed E-state index contributed by atoms with van der Waals surface area (Å²) < 4.78 is 0. The molecule has 2 atom stereocenters. The number of piperidine rings is 1. The lowest BCUT2D eigenvalue weighted by atomic mass is 9.78. The van der Waals surface area contributed by atoms with Gasteiger partial charge in [-0.25, -0.2) is 0 Å². The highest BCUT2D eigenvalue weighted by Gasteiger charge is 2.52. The van der Waals surface area contributed by atoms with E-state index in [1.807, 2.05) is 0 Å². The number of anilines is 3. The zero-order valence-electron chi connectivity index (χ0n) is 17.0. The third kappa shape index (κ3) is 2.97. The van der Waals surface area contributed by atoms with Crippen LogP contribution in [0.2, 0.25) is 0 Å². The maximum atomic E-state index is 12.9. The van der Waals surface area contributed by atoms with Crippen molar-refractivity contribution in [2.45, 2.75) is 31.8 Å². The Morgan fingerprint density at radius 1 is 1.25 bits per heavy atom. The van der Waals surface area contributed by atoms with Gasteiger partial charge in [-0.3, -0.25) is 4.79 Å². The highest BCUT2D eigenvalue weighted by atomic mass is 16.1. The molecule has 1 fully saturated rings. The molecule has 2 aliphatic rings. The van der Waals surface area contributed by atoms with Crippen LogP contribution in [0.5, 0.6) is 0 Å². The summed E-state index contributed by atoms with van der Waals surface area (Å²) in [5.41, 5.74) is 5.53. The number of carbonyl (C=O) groups excluding carboxylic acids is 1. The number of fused-ring (bicyclic) bond motifs is 1. The van der Waals surface area contributed by atoms with Crippen molar-refractivity contribution in [3.05, 3.63) is 66.2 Å². The molecule has 2 aromatic carbocycles. The van der Waals surface area contributed by atoms with Crippen LogP contribution in [0.15, 0.2) is 55.1 Å². The summed E-state index contributed by atoms with van der Waals surface area (Å²) in [5, 5.41) is 3.80. The van der Waals surface area contributed by atoms with Crippen LogP contribution in [0.25, 0.3) is 0 Å². The van der Waals surface area contributed by atoms with Gasteiger partial charge in [0.25, 0.3) is 0 Å². The summed E-state index contributed by atoms with van der Waals surface area (Å²) in [6, 6.07) is 15.2. The molecule has 1 spiro atoms. The third-order valence-electron chi connectivity index (χ3n) is 6.24. The van der Waals surface area contributed by atoms with Crippen molar-refractivity contribution in [1.29, 1.82) is 0 Å². The summed E-state index contributed by atoms with van der Waals surface area (Å²) in [4.78, 5) is 17.4. The first kappa shape index (κ1) is 18.6. The van der Waals surface area contributed by atoms with E-state index in [0.717, 1.165) is 37.2 Å². The molecule has 2 aliphatic heterocycles. The molecule has 0 saturated carbocycles. The minimum atomic E-state index is -0.438. The molecule has 0 aromatic heterocycles. The largest absolute Gasteiger partial charge is 0.378 e. The minimum Gasteiger partial charge on any atom is -0.378 e. The first-order valence-corrected chi connectivity index (χ1v) is 10.0. The summed E-state index contributed by atoms with van der Waals surface area (Å²) in [6.07, 6.45) is 4.20. The number of ketones is 1. The van der Waals surface area contributed by atoms with Crippen molar-refractivity contribution >= 4 is 22.8 Å². The number of allylic oxidation sites excluding steroid dienone is 1. The Bertz CT molecular complexity index is 903. The Labute approximate surface area is 167 Å². The van der Waals surface area contributed by atoms with E-state index < -0.39 is 5.66 Å². The first-order chi connectivity index (χ1) is 13.4. The van der Waals surface area contributed by atoms with Crippen molar-refractivity contribution in [1.82, 2.24) is 0 Å². The van der Waals surface area contributed by atoms with Gasteiger partial charge in [0, 0.05) is 44.1 Å². The fraction of sp³-hybridized carbons (Fsp3) is 0.375. The summed E-state index contributed by atoms with van der Waals surface area (Å²) in [5.74, 6) is 0.0141. The second kappa shape index (κ2) is 7.01. The third-order valence-corrected chi connectivity index (χ3v) is 6.24. The van der Waals surface area contributed by atoms with Gasteiger partial charge in [0.15, 0.2) is 5.78 Å². The van der Waals surface area contributed by atoms with Crippen LogP contribution in [0, 0.1) is 12.8 Å². The number of benzene rings is 2. The molecule has 0 aliphatic carbocycles.